The number of hydrogen-bond acceptors (Lipinski definition) is 2. The first-order valence-corrected chi connectivity index (χ1v) is 5.76. The van der Waals surface area contributed by atoms with Crippen LogP contribution in [0, 0.1) is 5.92 Å². The Morgan fingerprint density at radius 2 is 1.75 bits per heavy atom. The zero-order valence-corrected chi connectivity index (χ0v) is 10.4. The lowest BCUT2D eigenvalue weighted by Gasteiger charge is -2.40. The minimum absolute atomic E-state index is 0.00135. The number of amides is 3. The van der Waals surface area contributed by atoms with E-state index in [1.807, 2.05) is 27.7 Å². The number of carbonyl (C=O) groups excluding carboxylic acids is 2. The van der Waals surface area contributed by atoms with Gasteiger partial charge in [0.2, 0.25) is 5.91 Å². The van der Waals surface area contributed by atoms with Crippen LogP contribution in [-0.2, 0) is 4.79 Å². The van der Waals surface area contributed by atoms with Gasteiger partial charge in [0.15, 0.2) is 0 Å². The summed E-state index contributed by atoms with van der Waals surface area (Å²) in [6.07, 6.45) is 0. The Kier molecular flexibility index (Phi) is 4.15. The molecule has 3 amide bonds. The van der Waals surface area contributed by atoms with Gasteiger partial charge in [-0.15, -0.1) is 0 Å². The summed E-state index contributed by atoms with van der Waals surface area (Å²) in [5, 5.41) is 5.71. The molecule has 0 bridgehead atoms. The van der Waals surface area contributed by atoms with Gasteiger partial charge < -0.3 is 15.5 Å². The summed E-state index contributed by atoms with van der Waals surface area (Å²) < 4.78 is 0. The molecule has 2 N–H and O–H groups in total. The summed E-state index contributed by atoms with van der Waals surface area (Å²) in [6.45, 7) is 8.79. The Hall–Kier alpha value is -1.26. The molecule has 0 aliphatic carbocycles. The maximum Gasteiger partial charge on any atom is 0.317 e. The van der Waals surface area contributed by atoms with E-state index in [0.29, 0.717) is 13.1 Å². The van der Waals surface area contributed by atoms with Crippen LogP contribution in [0.4, 0.5) is 4.79 Å². The SMILES string of the molecule is CC(C)NC(=O)N1CC(NC(=O)C(C)C)C1. The van der Waals surface area contributed by atoms with Crippen molar-refractivity contribution in [3.63, 3.8) is 0 Å². The molecule has 0 atom stereocenters. The van der Waals surface area contributed by atoms with Crippen LogP contribution in [0.25, 0.3) is 0 Å². The summed E-state index contributed by atoms with van der Waals surface area (Å²) in [5.74, 6) is 0.0486. The quantitative estimate of drug-likeness (QED) is 0.740. The molecule has 16 heavy (non-hydrogen) atoms. The summed E-state index contributed by atoms with van der Waals surface area (Å²) in [4.78, 5) is 24.6. The van der Waals surface area contributed by atoms with Gasteiger partial charge in [-0.2, -0.15) is 0 Å². The van der Waals surface area contributed by atoms with E-state index in [4.69, 9.17) is 0 Å². The monoisotopic (exact) mass is 227 g/mol. The second-order valence-corrected chi connectivity index (χ2v) is 4.87. The van der Waals surface area contributed by atoms with Gasteiger partial charge in [-0.05, 0) is 13.8 Å². The van der Waals surface area contributed by atoms with E-state index in [0.717, 1.165) is 0 Å². The number of carbonyl (C=O) groups is 2. The Bertz CT molecular complexity index is 270. The van der Waals surface area contributed by atoms with Gasteiger partial charge in [-0.1, -0.05) is 13.8 Å². The molecule has 1 aliphatic rings. The topological polar surface area (TPSA) is 61.4 Å². The second-order valence-electron chi connectivity index (χ2n) is 4.87. The Morgan fingerprint density at radius 1 is 1.19 bits per heavy atom. The van der Waals surface area contributed by atoms with Gasteiger partial charge in [0, 0.05) is 25.0 Å². The predicted octanol–water partition coefficient (Wildman–Crippen LogP) is 0.561. The van der Waals surface area contributed by atoms with Gasteiger partial charge in [0.25, 0.3) is 0 Å². The van der Waals surface area contributed by atoms with Crippen molar-refractivity contribution in [3.8, 4) is 0 Å². The molecule has 92 valence electrons. The Balaban J connectivity index is 2.22. The number of nitrogens with one attached hydrogen (secondary N) is 2. The number of urea groups is 1. The van der Waals surface area contributed by atoms with Gasteiger partial charge in [-0.25, -0.2) is 4.79 Å². The number of hydrogen-bond donors (Lipinski definition) is 2. The molecule has 1 fully saturated rings. The minimum atomic E-state index is -0.0509. The van der Waals surface area contributed by atoms with Crippen LogP contribution in [0.2, 0.25) is 0 Å². The smallest absolute Gasteiger partial charge is 0.317 e. The molecule has 0 radical (unpaired) electrons. The van der Waals surface area contributed by atoms with Crippen molar-refractivity contribution >= 4 is 11.9 Å². The normalized spacial score (nSPS) is 16.2. The fourth-order valence-corrected chi connectivity index (χ4v) is 1.44. The van der Waals surface area contributed by atoms with Crippen molar-refractivity contribution < 1.29 is 9.59 Å². The molecule has 1 aliphatic heterocycles. The molecule has 0 aromatic carbocycles. The Labute approximate surface area is 96.6 Å². The molecule has 5 heteroatoms. The van der Waals surface area contributed by atoms with E-state index in [2.05, 4.69) is 10.6 Å². The standard InChI is InChI=1S/C11H21N3O2/c1-7(2)10(15)13-9-5-14(6-9)11(16)12-8(3)4/h7-9H,5-6H2,1-4H3,(H,12,16)(H,13,15). The molecule has 0 spiro atoms. The molecule has 1 rings (SSSR count). The lowest BCUT2D eigenvalue weighted by Crippen LogP contribution is -2.63. The van der Waals surface area contributed by atoms with Gasteiger partial charge in [-0.3, -0.25) is 4.79 Å². The van der Waals surface area contributed by atoms with Crippen LogP contribution >= 0.6 is 0 Å². The number of nitrogens with zero attached hydrogens (tertiary/aromatic N) is 1. The van der Waals surface area contributed by atoms with Crippen LogP contribution < -0.4 is 10.6 Å². The minimum Gasteiger partial charge on any atom is -0.350 e. The molecule has 1 heterocycles. The summed E-state index contributed by atoms with van der Waals surface area (Å²) in [5.41, 5.74) is 0. The van der Waals surface area contributed by atoms with Crippen molar-refractivity contribution in [1.29, 1.82) is 0 Å². The van der Waals surface area contributed by atoms with Crippen molar-refractivity contribution in [3.05, 3.63) is 0 Å². The highest BCUT2D eigenvalue weighted by molar-refractivity contribution is 5.79. The number of rotatable bonds is 3. The van der Waals surface area contributed by atoms with Crippen LogP contribution in [0.15, 0.2) is 0 Å². The average Bonchev–Trinajstić information content (AvgIpc) is 2.08. The van der Waals surface area contributed by atoms with Crippen molar-refractivity contribution in [2.24, 2.45) is 5.92 Å². The molecule has 0 aromatic rings. The van der Waals surface area contributed by atoms with E-state index >= 15 is 0 Å². The van der Waals surface area contributed by atoms with E-state index < -0.39 is 0 Å². The average molecular weight is 227 g/mol. The zero-order valence-electron chi connectivity index (χ0n) is 10.4. The van der Waals surface area contributed by atoms with Gasteiger partial charge in [0.05, 0.1) is 6.04 Å². The number of likely N-dealkylation sites (tertiary alicyclic amines) is 1. The van der Waals surface area contributed by atoms with E-state index in [9.17, 15) is 9.59 Å². The van der Waals surface area contributed by atoms with Gasteiger partial charge >= 0.3 is 6.03 Å². The molecule has 5 nitrogen and oxygen atoms in total. The summed E-state index contributed by atoms with van der Waals surface area (Å²) in [7, 11) is 0. The van der Waals surface area contributed by atoms with E-state index in [1.54, 1.807) is 4.90 Å². The third kappa shape index (κ3) is 3.40. The summed E-state index contributed by atoms with van der Waals surface area (Å²) in [6, 6.07) is 0.217. The fraction of sp³-hybridized carbons (Fsp3) is 0.818. The van der Waals surface area contributed by atoms with Crippen LogP contribution in [0.5, 0.6) is 0 Å². The first-order valence-electron chi connectivity index (χ1n) is 5.76. The molecular formula is C11H21N3O2. The molecule has 0 unspecified atom stereocenters. The molecule has 0 saturated carbocycles. The lowest BCUT2D eigenvalue weighted by atomic mass is 10.1. The molecular weight excluding hydrogens is 206 g/mol. The summed E-state index contributed by atoms with van der Waals surface area (Å²) >= 11 is 0. The van der Waals surface area contributed by atoms with E-state index in [-0.39, 0.29) is 29.9 Å². The molecule has 1 saturated heterocycles. The predicted molar refractivity (Wildman–Crippen MR) is 62.0 cm³/mol. The maximum atomic E-state index is 11.5. The highest BCUT2D eigenvalue weighted by Crippen LogP contribution is 2.08. The van der Waals surface area contributed by atoms with Crippen LogP contribution in [-0.4, -0.2) is 42.0 Å². The first kappa shape index (κ1) is 12.8. The largest absolute Gasteiger partial charge is 0.350 e. The first-order chi connectivity index (χ1) is 7.40. The molecule has 0 aromatic heterocycles. The van der Waals surface area contributed by atoms with Crippen LogP contribution in [0.1, 0.15) is 27.7 Å². The van der Waals surface area contributed by atoms with Crippen molar-refractivity contribution in [2.45, 2.75) is 39.8 Å². The second kappa shape index (κ2) is 5.18. The zero-order chi connectivity index (χ0) is 12.3. The van der Waals surface area contributed by atoms with Crippen molar-refractivity contribution in [1.82, 2.24) is 15.5 Å². The Morgan fingerprint density at radius 3 is 2.19 bits per heavy atom. The third-order valence-corrected chi connectivity index (χ3v) is 2.45. The van der Waals surface area contributed by atoms with Crippen LogP contribution in [0.3, 0.4) is 0 Å². The van der Waals surface area contributed by atoms with Gasteiger partial charge in [0.1, 0.15) is 0 Å². The third-order valence-electron chi connectivity index (χ3n) is 2.45. The fourth-order valence-electron chi connectivity index (χ4n) is 1.44. The highest BCUT2D eigenvalue weighted by Gasteiger charge is 2.32. The van der Waals surface area contributed by atoms with E-state index in [1.165, 1.54) is 0 Å². The lowest BCUT2D eigenvalue weighted by molar-refractivity contribution is -0.125. The van der Waals surface area contributed by atoms with Crippen molar-refractivity contribution in [2.75, 3.05) is 13.1 Å². The maximum absolute atomic E-state index is 11.5. The highest BCUT2D eigenvalue weighted by atomic mass is 16.2.